The van der Waals surface area contributed by atoms with Crippen molar-refractivity contribution in [1.29, 1.82) is 0 Å². The second-order valence-corrected chi connectivity index (χ2v) is 5.11. The van der Waals surface area contributed by atoms with Crippen molar-refractivity contribution in [2.45, 2.75) is 26.7 Å². The summed E-state index contributed by atoms with van der Waals surface area (Å²) in [6.07, 6.45) is 2.93. The van der Waals surface area contributed by atoms with Crippen molar-refractivity contribution in [3.8, 4) is 0 Å². The normalized spacial score (nSPS) is 18.1. The van der Waals surface area contributed by atoms with Gasteiger partial charge in [-0.15, -0.1) is 0 Å². The molecule has 20 heavy (non-hydrogen) atoms. The van der Waals surface area contributed by atoms with Crippen LogP contribution in [0.3, 0.4) is 0 Å². The first kappa shape index (κ1) is 14.4. The number of anilines is 1. The average molecular weight is 277 g/mol. The zero-order valence-corrected chi connectivity index (χ0v) is 12.0. The van der Waals surface area contributed by atoms with Crippen molar-refractivity contribution >= 4 is 17.7 Å². The van der Waals surface area contributed by atoms with Crippen LogP contribution in [0, 0.1) is 12.8 Å². The number of ketones is 1. The minimum Gasteiger partial charge on any atom is -0.469 e. The van der Waals surface area contributed by atoms with Crippen LogP contribution in [0.15, 0.2) is 6.20 Å². The molecule has 0 bridgehead atoms. The number of carbonyl (C=O) groups excluding carboxylic acids is 2. The lowest BCUT2D eigenvalue weighted by Gasteiger charge is -2.17. The molecule has 1 saturated heterocycles. The van der Waals surface area contributed by atoms with Gasteiger partial charge < -0.3 is 9.64 Å². The number of methoxy groups -OCH3 is 1. The maximum atomic E-state index is 11.4. The Bertz CT molecular complexity index is 530. The fourth-order valence-corrected chi connectivity index (χ4v) is 2.45. The van der Waals surface area contributed by atoms with Gasteiger partial charge in [-0.05, 0) is 26.2 Å². The quantitative estimate of drug-likeness (QED) is 0.611. The van der Waals surface area contributed by atoms with Crippen molar-refractivity contribution in [1.82, 2.24) is 9.97 Å². The predicted octanol–water partition coefficient (Wildman–Crippen LogP) is 1.38. The third kappa shape index (κ3) is 3.12. The molecule has 6 heteroatoms. The number of carbonyl (C=O) groups is 2. The highest BCUT2D eigenvalue weighted by Gasteiger charge is 2.26. The molecule has 0 spiro atoms. The van der Waals surface area contributed by atoms with E-state index in [9.17, 15) is 9.59 Å². The van der Waals surface area contributed by atoms with Gasteiger partial charge in [0.15, 0.2) is 5.78 Å². The first-order valence-electron chi connectivity index (χ1n) is 6.67. The summed E-state index contributed by atoms with van der Waals surface area (Å²) in [5.41, 5.74) is 1.25. The Labute approximate surface area is 118 Å². The number of hydrogen-bond acceptors (Lipinski definition) is 6. The highest BCUT2D eigenvalue weighted by Crippen LogP contribution is 2.24. The van der Waals surface area contributed by atoms with Gasteiger partial charge in [0.25, 0.3) is 0 Å². The van der Waals surface area contributed by atoms with Gasteiger partial charge in [0.2, 0.25) is 5.95 Å². The maximum absolute atomic E-state index is 11.4. The minimum atomic E-state index is -0.180. The van der Waals surface area contributed by atoms with Gasteiger partial charge >= 0.3 is 5.97 Å². The first-order valence-corrected chi connectivity index (χ1v) is 6.67. The average Bonchev–Trinajstić information content (AvgIpc) is 2.86. The summed E-state index contributed by atoms with van der Waals surface area (Å²) in [5.74, 6) is 0.693. The van der Waals surface area contributed by atoms with Crippen LogP contribution in [0.2, 0.25) is 0 Å². The molecule has 1 unspecified atom stereocenters. The fraction of sp³-hybridized carbons (Fsp3) is 0.571. The number of Topliss-reactive ketones (excluding diaryl/α,β-unsaturated/α-hetero) is 1. The SMILES string of the molecule is COC(=O)CC1CCN(c2ncc(C(C)=O)c(C)n2)C1. The van der Waals surface area contributed by atoms with Crippen LogP contribution in [-0.4, -0.2) is 41.9 Å². The Hall–Kier alpha value is -1.98. The smallest absolute Gasteiger partial charge is 0.305 e. The van der Waals surface area contributed by atoms with Crippen molar-refractivity contribution in [3.05, 3.63) is 17.5 Å². The second kappa shape index (κ2) is 5.98. The summed E-state index contributed by atoms with van der Waals surface area (Å²) < 4.78 is 4.69. The van der Waals surface area contributed by atoms with Crippen LogP contribution < -0.4 is 4.90 Å². The van der Waals surface area contributed by atoms with E-state index in [1.807, 2.05) is 11.8 Å². The Morgan fingerprint density at radius 2 is 2.25 bits per heavy atom. The molecule has 6 nitrogen and oxygen atoms in total. The van der Waals surface area contributed by atoms with Crippen molar-refractivity contribution in [2.75, 3.05) is 25.1 Å². The van der Waals surface area contributed by atoms with E-state index in [4.69, 9.17) is 0 Å². The lowest BCUT2D eigenvalue weighted by molar-refractivity contribution is -0.141. The molecule has 1 aliphatic heterocycles. The Morgan fingerprint density at radius 1 is 1.50 bits per heavy atom. The number of ether oxygens (including phenoxy) is 1. The van der Waals surface area contributed by atoms with Gasteiger partial charge in [0, 0.05) is 19.3 Å². The molecule has 108 valence electrons. The first-order chi connectivity index (χ1) is 9.51. The van der Waals surface area contributed by atoms with Crippen LogP contribution in [0.25, 0.3) is 0 Å². The van der Waals surface area contributed by atoms with Crippen molar-refractivity contribution in [3.63, 3.8) is 0 Å². The molecular weight excluding hydrogens is 258 g/mol. The van der Waals surface area contributed by atoms with Crippen LogP contribution in [-0.2, 0) is 9.53 Å². The molecule has 1 fully saturated rings. The van der Waals surface area contributed by atoms with E-state index < -0.39 is 0 Å². The standard InChI is InChI=1S/C14H19N3O3/c1-9-12(10(2)18)7-15-14(16-9)17-5-4-11(8-17)6-13(19)20-3/h7,11H,4-6,8H2,1-3H3. The second-order valence-electron chi connectivity index (χ2n) is 5.11. The zero-order chi connectivity index (χ0) is 14.7. The molecule has 1 aromatic rings. The Balaban J connectivity index is 2.05. The molecule has 1 atom stereocenters. The molecule has 2 rings (SSSR count). The van der Waals surface area contributed by atoms with Gasteiger partial charge in [-0.3, -0.25) is 9.59 Å². The predicted molar refractivity (Wildman–Crippen MR) is 73.7 cm³/mol. The zero-order valence-electron chi connectivity index (χ0n) is 12.0. The highest BCUT2D eigenvalue weighted by atomic mass is 16.5. The summed E-state index contributed by atoms with van der Waals surface area (Å²) in [6.45, 7) is 4.88. The van der Waals surface area contributed by atoms with Gasteiger partial charge in [-0.25, -0.2) is 9.97 Å². The van der Waals surface area contributed by atoms with E-state index in [0.29, 0.717) is 23.6 Å². The minimum absolute atomic E-state index is 0.0287. The molecule has 0 amide bonds. The van der Waals surface area contributed by atoms with Crippen LogP contribution >= 0.6 is 0 Å². The van der Waals surface area contributed by atoms with E-state index in [2.05, 4.69) is 14.7 Å². The molecule has 1 aliphatic rings. The van der Waals surface area contributed by atoms with E-state index >= 15 is 0 Å². The highest BCUT2D eigenvalue weighted by molar-refractivity contribution is 5.94. The number of rotatable bonds is 4. The fourth-order valence-electron chi connectivity index (χ4n) is 2.45. The topological polar surface area (TPSA) is 72.4 Å². The summed E-state index contributed by atoms with van der Waals surface area (Å²) in [5, 5.41) is 0. The molecule has 2 heterocycles. The number of aromatic nitrogens is 2. The van der Waals surface area contributed by atoms with E-state index in [-0.39, 0.29) is 17.7 Å². The summed E-state index contributed by atoms with van der Waals surface area (Å²) in [4.78, 5) is 33.3. The van der Waals surface area contributed by atoms with Gasteiger partial charge in [0.05, 0.1) is 24.8 Å². The number of aryl methyl sites for hydroxylation is 1. The third-order valence-corrected chi connectivity index (χ3v) is 3.60. The third-order valence-electron chi connectivity index (χ3n) is 3.60. The van der Waals surface area contributed by atoms with Gasteiger partial charge in [-0.1, -0.05) is 0 Å². The largest absolute Gasteiger partial charge is 0.469 e. The van der Waals surface area contributed by atoms with Crippen LogP contribution in [0.5, 0.6) is 0 Å². The summed E-state index contributed by atoms with van der Waals surface area (Å²) >= 11 is 0. The van der Waals surface area contributed by atoms with Gasteiger partial charge in [0.1, 0.15) is 0 Å². The molecule has 1 aromatic heterocycles. The molecule has 0 radical (unpaired) electrons. The summed E-state index contributed by atoms with van der Waals surface area (Å²) in [6, 6.07) is 0. The molecular formula is C14H19N3O3. The number of nitrogens with zero attached hydrogens (tertiary/aromatic N) is 3. The summed E-state index contributed by atoms with van der Waals surface area (Å²) in [7, 11) is 1.40. The molecule has 0 aliphatic carbocycles. The molecule has 0 saturated carbocycles. The Kier molecular flexibility index (Phi) is 4.32. The monoisotopic (exact) mass is 277 g/mol. The molecule has 0 N–H and O–H groups in total. The lowest BCUT2D eigenvalue weighted by atomic mass is 10.1. The van der Waals surface area contributed by atoms with Crippen LogP contribution in [0.1, 0.15) is 35.8 Å². The van der Waals surface area contributed by atoms with E-state index in [0.717, 1.165) is 19.5 Å². The van der Waals surface area contributed by atoms with Crippen molar-refractivity contribution in [2.24, 2.45) is 5.92 Å². The Morgan fingerprint density at radius 3 is 2.85 bits per heavy atom. The number of esters is 1. The lowest BCUT2D eigenvalue weighted by Crippen LogP contribution is -2.23. The van der Waals surface area contributed by atoms with Gasteiger partial charge in [-0.2, -0.15) is 0 Å². The maximum Gasteiger partial charge on any atom is 0.305 e. The number of hydrogen-bond donors (Lipinski definition) is 0. The molecule has 0 aromatic carbocycles. The van der Waals surface area contributed by atoms with E-state index in [1.54, 1.807) is 6.20 Å². The van der Waals surface area contributed by atoms with E-state index in [1.165, 1.54) is 14.0 Å². The van der Waals surface area contributed by atoms with Crippen molar-refractivity contribution < 1.29 is 14.3 Å². The van der Waals surface area contributed by atoms with Crippen LogP contribution in [0.4, 0.5) is 5.95 Å².